The topological polar surface area (TPSA) is 77.6 Å². The van der Waals surface area contributed by atoms with Gasteiger partial charge in [0.2, 0.25) is 0 Å². The minimum absolute atomic E-state index is 0.197. The van der Waals surface area contributed by atoms with Crippen LogP contribution in [0.4, 0.5) is 10.5 Å². The van der Waals surface area contributed by atoms with Gasteiger partial charge in [0, 0.05) is 23.7 Å². The second kappa shape index (κ2) is 12.2. The Kier molecular flexibility index (Phi) is 10.3. The molecule has 0 bridgehead atoms. The molecular formula is C19H23ClN4O2S. The average molecular weight is 407 g/mol. The standard InChI is InChI=1S/C19H23ClN4O2S/c1-4-6-10-24(11-7-5-2)19(26)23-14-8-9-15(20)17(12-14)27-18(25)16(13-21)22-3/h8-9,12,16H,4-7,10-11H2,1-2H3,(H,23,26). The Morgan fingerprint density at radius 1 is 1.33 bits per heavy atom. The molecule has 0 saturated carbocycles. The molecule has 0 spiro atoms. The third kappa shape index (κ3) is 7.50. The van der Waals surface area contributed by atoms with Crippen LogP contribution in [0.1, 0.15) is 39.5 Å². The maximum atomic E-state index is 12.6. The summed E-state index contributed by atoms with van der Waals surface area (Å²) >= 11 is 6.84. The van der Waals surface area contributed by atoms with E-state index in [1.807, 2.05) is 0 Å². The summed E-state index contributed by atoms with van der Waals surface area (Å²) in [4.78, 5) is 29.7. The number of halogens is 1. The van der Waals surface area contributed by atoms with Gasteiger partial charge in [-0.3, -0.25) is 9.64 Å². The van der Waals surface area contributed by atoms with Crippen LogP contribution in [0.25, 0.3) is 4.85 Å². The van der Waals surface area contributed by atoms with Crippen molar-refractivity contribution in [1.82, 2.24) is 4.90 Å². The molecule has 0 aliphatic heterocycles. The predicted molar refractivity (Wildman–Crippen MR) is 109 cm³/mol. The number of nitrogens with zero attached hydrogens (tertiary/aromatic N) is 3. The Balaban J connectivity index is 2.88. The zero-order valence-corrected chi connectivity index (χ0v) is 17.1. The zero-order valence-electron chi connectivity index (χ0n) is 15.5. The van der Waals surface area contributed by atoms with Crippen molar-refractivity contribution in [2.75, 3.05) is 18.4 Å². The van der Waals surface area contributed by atoms with Crippen LogP contribution in [0.3, 0.4) is 0 Å². The van der Waals surface area contributed by atoms with E-state index in [9.17, 15) is 9.59 Å². The highest BCUT2D eigenvalue weighted by atomic mass is 35.5. The molecule has 0 fully saturated rings. The Morgan fingerprint density at radius 3 is 2.48 bits per heavy atom. The van der Waals surface area contributed by atoms with Crippen molar-refractivity contribution >= 4 is 40.2 Å². The molecule has 1 aromatic carbocycles. The van der Waals surface area contributed by atoms with Crippen LogP contribution in [0.5, 0.6) is 0 Å². The van der Waals surface area contributed by atoms with E-state index in [2.05, 4.69) is 24.0 Å². The van der Waals surface area contributed by atoms with Crippen molar-refractivity contribution in [2.24, 2.45) is 0 Å². The number of hydrogen-bond donors (Lipinski definition) is 1. The second-order valence-corrected chi connectivity index (χ2v) is 7.30. The lowest BCUT2D eigenvalue weighted by Gasteiger charge is -2.23. The van der Waals surface area contributed by atoms with Gasteiger partial charge in [0.05, 0.1) is 5.02 Å². The fourth-order valence-electron chi connectivity index (χ4n) is 2.17. The van der Waals surface area contributed by atoms with Gasteiger partial charge in [-0.15, -0.1) is 0 Å². The number of hydrogen-bond acceptors (Lipinski definition) is 4. The van der Waals surface area contributed by atoms with Gasteiger partial charge in [-0.25, -0.2) is 11.4 Å². The van der Waals surface area contributed by atoms with Crippen molar-refractivity contribution in [1.29, 1.82) is 5.26 Å². The summed E-state index contributed by atoms with van der Waals surface area (Å²) in [6.07, 6.45) is 3.86. The van der Waals surface area contributed by atoms with E-state index >= 15 is 0 Å². The monoisotopic (exact) mass is 406 g/mol. The van der Waals surface area contributed by atoms with Crippen LogP contribution < -0.4 is 5.32 Å². The van der Waals surface area contributed by atoms with E-state index in [0.717, 1.165) is 37.4 Å². The van der Waals surface area contributed by atoms with E-state index < -0.39 is 11.2 Å². The number of nitrogens with one attached hydrogen (secondary N) is 1. The average Bonchev–Trinajstić information content (AvgIpc) is 2.65. The van der Waals surface area contributed by atoms with Gasteiger partial charge in [0.15, 0.2) is 6.07 Å². The first-order valence-electron chi connectivity index (χ1n) is 8.80. The van der Waals surface area contributed by atoms with Crippen LogP contribution in [0, 0.1) is 17.9 Å². The lowest BCUT2D eigenvalue weighted by Crippen LogP contribution is -2.36. The highest BCUT2D eigenvalue weighted by Gasteiger charge is 2.25. The number of unbranched alkanes of at least 4 members (excludes halogenated alkanes) is 2. The van der Waals surface area contributed by atoms with E-state index in [1.54, 1.807) is 29.2 Å². The molecule has 1 N–H and O–H groups in total. The molecule has 6 nitrogen and oxygen atoms in total. The molecule has 27 heavy (non-hydrogen) atoms. The van der Waals surface area contributed by atoms with Crippen LogP contribution in [-0.4, -0.2) is 35.2 Å². The van der Waals surface area contributed by atoms with Crippen molar-refractivity contribution in [3.05, 3.63) is 34.6 Å². The van der Waals surface area contributed by atoms with Crippen molar-refractivity contribution in [3.63, 3.8) is 0 Å². The molecule has 1 rings (SSSR count). The third-order valence-corrected chi connectivity index (χ3v) is 5.14. The van der Waals surface area contributed by atoms with Crippen LogP contribution in [-0.2, 0) is 4.79 Å². The molecule has 1 atom stereocenters. The number of urea groups is 1. The largest absolute Gasteiger partial charge is 0.374 e. The molecule has 0 radical (unpaired) electrons. The summed E-state index contributed by atoms with van der Waals surface area (Å²) in [5, 5.41) is 11.4. The lowest BCUT2D eigenvalue weighted by atomic mass is 10.2. The van der Waals surface area contributed by atoms with Gasteiger partial charge in [0.25, 0.3) is 5.12 Å². The Morgan fingerprint density at radius 2 is 1.96 bits per heavy atom. The molecule has 8 heteroatoms. The quantitative estimate of drug-likeness (QED) is 0.451. The maximum Gasteiger partial charge on any atom is 0.374 e. The first-order chi connectivity index (χ1) is 13.0. The number of benzene rings is 1. The first kappa shape index (κ1) is 22.8. The summed E-state index contributed by atoms with van der Waals surface area (Å²) in [6, 6.07) is 4.90. The molecule has 144 valence electrons. The Labute approximate surface area is 169 Å². The second-order valence-electron chi connectivity index (χ2n) is 5.85. The van der Waals surface area contributed by atoms with Crippen LogP contribution in [0.2, 0.25) is 5.02 Å². The summed E-state index contributed by atoms with van der Waals surface area (Å²) < 4.78 is 0. The summed E-state index contributed by atoms with van der Waals surface area (Å²) in [6.45, 7) is 12.4. The molecule has 0 saturated heterocycles. The van der Waals surface area contributed by atoms with Crippen molar-refractivity contribution in [3.8, 4) is 6.07 Å². The van der Waals surface area contributed by atoms with Crippen molar-refractivity contribution < 1.29 is 9.59 Å². The fourth-order valence-corrected chi connectivity index (χ4v) is 3.19. The van der Waals surface area contributed by atoms with Gasteiger partial charge in [0.1, 0.15) is 0 Å². The first-order valence-corrected chi connectivity index (χ1v) is 9.99. The van der Waals surface area contributed by atoms with Gasteiger partial charge < -0.3 is 10.2 Å². The van der Waals surface area contributed by atoms with Crippen LogP contribution in [0.15, 0.2) is 23.1 Å². The van der Waals surface area contributed by atoms with Gasteiger partial charge in [-0.1, -0.05) is 38.3 Å². The molecule has 1 aromatic rings. The number of nitriles is 1. The number of anilines is 1. The van der Waals surface area contributed by atoms with E-state index in [0.29, 0.717) is 28.7 Å². The number of thioether (sulfide) groups is 1. The highest BCUT2D eigenvalue weighted by Crippen LogP contribution is 2.31. The zero-order chi connectivity index (χ0) is 20.2. The van der Waals surface area contributed by atoms with E-state index in [-0.39, 0.29) is 6.03 Å². The third-order valence-electron chi connectivity index (χ3n) is 3.72. The number of rotatable bonds is 9. The smallest absolute Gasteiger partial charge is 0.325 e. The van der Waals surface area contributed by atoms with Gasteiger partial charge in [-0.2, -0.15) is 5.26 Å². The van der Waals surface area contributed by atoms with Gasteiger partial charge >= 0.3 is 12.1 Å². The summed E-state index contributed by atoms with van der Waals surface area (Å²) in [5.74, 6) is 0. The minimum Gasteiger partial charge on any atom is -0.325 e. The normalized spacial score (nSPS) is 11.1. The minimum atomic E-state index is -1.37. The number of amides is 2. The van der Waals surface area contributed by atoms with Crippen LogP contribution >= 0.6 is 23.4 Å². The molecule has 0 aliphatic rings. The van der Waals surface area contributed by atoms with Gasteiger partial charge in [-0.05, 0) is 42.8 Å². The number of carbonyl (C=O) groups excluding carboxylic acids is 2. The molecule has 0 heterocycles. The van der Waals surface area contributed by atoms with E-state index in [4.69, 9.17) is 23.4 Å². The number of carbonyl (C=O) groups is 2. The lowest BCUT2D eigenvalue weighted by molar-refractivity contribution is -0.110. The summed E-state index contributed by atoms with van der Waals surface area (Å²) in [7, 11) is 0. The van der Waals surface area contributed by atoms with E-state index in [1.165, 1.54) is 0 Å². The highest BCUT2D eigenvalue weighted by molar-refractivity contribution is 8.14. The van der Waals surface area contributed by atoms with Crippen molar-refractivity contribution in [2.45, 2.75) is 50.5 Å². The summed E-state index contributed by atoms with van der Waals surface area (Å²) in [5.41, 5.74) is 0.508. The Hall–Kier alpha value is -2.22. The maximum absolute atomic E-state index is 12.6. The molecule has 1 unspecified atom stereocenters. The Bertz CT molecular complexity index is 720. The predicted octanol–water partition coefficient (Wildman–Crippen LogP) is 5.20. The molecule has 0 aromatic heterocycles. The molecule has 0 aliphatic carbocycles. The SMILES string of the molecule is [C-]#[N+]C(C#N)C(=O)Sc1cc(NC(=O)N(CCCC)CCCC)ccc1Cl. The molecular weight excluding hydrogens is 384 g/mol. The molecule has 2 amide bonds. The fraction of sp³-hybridized carbons (Fsp3) is 0.474.